The van der Waals surface area contributed by atoms with Crippen molar-refractivity contribution in [2.45, 2.75) is 57.9 Å². The van der Waals surface area contributed by atoms with Crippen molar-refractivity contribution in [2.75, 3.05) is 26.3 Å². The second-order valence-corrected chi connectivity index (χ2v) is 6.13. The van der Waals surface area contributed by atoms with Crippen LogP contribution >= 0.6 is 0 Å². The molecular formula is C16H28N2O3. The Kier molecular flexibility index (Phi) is 6.49. The van der Waals surface area contributed by atoms with Gasteiger partial charge in [-0.15, -0.1) is 0 Å². The van der Waals surface area contributed by atoms with Crippen molar-refractivity contribution < 1.29 is 14.3 Å². The molecule has 0 aromatic rings. The summed E-state index contributed by atoms with van der Waals surface area (Å²) in [6, 6.07) is -0.313. The zero-order chi connectivity index (χ0) is 15.1. The third-order valence-electron chi connectivity index (χ3n) is 4.48. The van der Waals surface area contributed by atoms with E-state index in [4.69, 9.17) is 4.74 Å². The predicted molar refractivity (Wildman–Crippen MR) is 80.8 cm³/mol. The van der Waals surface area contributed by atoms with Crippen LogP contribution in [0.3, 0.4) is 0 Å². The Morgan fingerprint density at radius 3 is 2.67 bits per heavy atom. The summed E-state index contributed by atoms with van der Waals surface area (Å²) >= 11 is 0. The summed E-state index contributed by atoms with van der Waals surface area (Å²) in [5.41, 5.74) is 0. The van der Waals surface area contributed by atoms with E-state index in [1.807, 2.05) is 4.90 Å². The molecule has 5 heteroatoms. The highest BCUT2D eigenvalue weighted by atomic mass is 16.5. The van der Waals surface area contributed by atoms with Crippen LogP contribution in [-0.4, -0.2) is 49.1 Å². The molecule has 1 saturated heterocycles. The molecule has 1 unspecified atom stereocenters. The summed E-state index contributed by atoms with van der Waals surface area (Å²) in [5, 5.41) is 2.96. The number of rotatable bonds is 6. The highest BCUT2D eigenvalue weighted by molar-refractivity contribution is 5.90. The molecule has 1 heterocycles. The van der Waals surface area contributed by atoms with Crippen LogP contribution in [0.15, 0.2) is 0 Å². The Bertz CT molecular complexity index is 353. The molecule has 2 amide bonds. The Labute approximate surface area is 127 Å². The Morgan fingerprint density at radius 1 is 1.19 bits per heavy atom. The summed E-state index contributed by atoms with van der Waals surface area (Å²) in [6.07, 6.45) is 7.09. The third-order valence-corrected chi connectivity index (χ3v) is 4.48. The van der Waals surface area contributed by atoms with Gasteiger partial charge in [0, 0.05) is 26.1 Å². The van der Waals surface area contributed by atoms with Gasteiger partial charge in [-0.05, 0) is 25.2 Å². The lowest BCUT2D eigenvalue weighted by atomic mass is 9.83. The molecule has 0 aromatic carbocycles. The molecule has 2 rings (SSSR count). The summed E-state index contributed by atoms with van der Waals surface area (Å²) in [4.78, 5) is 26.4. The summed E-state index contributed by atoms with van der Waals surface area (Å²) in [6.45, 7) is 4.47. The van der Waals surface area contributed by atoms with E-state index in [0.717, 1.165) is 25.9 Å². The van der Waals surface area contributed by atoms with E-state index in [9.17, 15) is 9.59 Å². The first-order valence-electron chi connectivity index (χ1n) is 8.38. The molecule has 0 aromatic heterocycles. The van der Waals surface area contributed by atoms with E-state index in [0.29, 0.717) is 32.0 Å². The quantitative estimate of drug-likeness (QED) is 0.759. The standard InChI is InChI=1S/C16H28N2O3/c1-2-11-21-12-10-18-9-8-14(19)17-15(16(18)20)13-6-4-3-5-7-13/h13,15H,2-12H2,1H3,(H,17,19). The molecule has 2 fully saturated rings. The second-order valence-electron chi connectivity index (χ2n) is 6.13. The summed E-state index contributed by atoms with van der Waals surface area (Å²) < 4.78 is 5.48. The molecule has 5 nitrogen and oxygen atoms in total. The van der Waals surface area contributed by atoms with E-state index in [1.54, 1.807) is 0 Å². The molecule has 1 aliphatic heterocycles. The molecule has 21 heavy (non-hydrogen) atoms. The van der Waals surface area contributed by atoms with Gasteiger partial charge in [0.1, 0.15) is 6.04 Å². The minimum atomic E-state index is -0.313. The van der Waals surface area contributed by atoms with Crippen molar-refractivity contribution in [3.63, 3.8) is 0 Å². The fourth-order valence-electron chi connectivity index (χ4n) is 3.28. The van der Waals surface area contributed by atoms with E-state index in [1.165, 1.54) is 19.3 Å². The lowest BCUT2D eigenvalue weighted by Crippen LogP contribution is -2.50. The van der Waals surface area contributed by atoms with E-state index >= 15 is 0 Å². The lowest BCUT2D eigenvalue weighted by molar-refractivity contribution is -0.136. The number of carbonyl (C=O) groups excluding carboxylic acids is 2. The molecule has 0 radical (unpaired) electrons. The molecule has 1 saturated carbocycles. The molecule has 0 bridgehead atoms. The van der Waals surface area contributed by atoms with Crippen molar-refractivity contribution in [1.29, 1.82) is 0 Å². The van der Waals surface area contributed by atoms with Crippen molar-refractivity contribution >= 4 is 11.8 Å². The second kappa shape index (κ2) is 8.37. The minimum Gasteiger partial charge on any atom is -0.380 e. The van der Waals surface area contributed by atoms with Crippen LogP contribution in [0.2, 0.25) is 0 Å². The largest absolute Gasteiger partial charge is 0.380 e. The predicted octanol–water partition coefficient (Wildman–Crippen LogP) is 1.71. The normalized spacial score (nSPS) is 24.8. The zero-order valence-electron chi connectivity index (χ0n) is 13.1. The Morgan fingerprint density at radius 2 is 1.95 bits per heavy atom. The fourth-order valence-corrected chi connectivity index (χ4v) is 3.28. The van der Waals surface area contributed by atoms with Crippen LogP contribution in [-0.2, 0) is 14.3 Å². The maximum atomic E-state index is 12.7. The maximum Gasteiger partial charge on any atom is 0.245 e. The highest BCUT2D eigenvalue weighted by Gasteiger charge is 2.35. The Hall–Kier alpha value is -1.10. The van der Waals surface area contributed by atoms with E-state index in [-0.39, 0.29) is 17.9 Å². The first-order valence-corrected chi connectivity index (χ1v) is 8.38. The number of hydrogen-bond donors (Lipinski definition) is 1. The van der Waals surface area contributed by atoms with Gasteiger partial charge in [0.2, 0.25) is 11.8 Å². The third kappa shape index (κ3) is 4.70. The van der Waals surface area contributed by atoms with Crippen LogP contribution in [0, 0.1) is 5.92 Å². The Balaban J connectivity index is 1.94. The number of nitrogens with one attached hydrogen (secondary N) is 1. The molecular weight excluding hydrogens is 268 g/mol. The highest BCUT2D eigenvalue weighted by Crippen LogP contribution is 2.28. The van der Waals surface area contributed by atoms with Gasteiger partial charge >= 0.3 is 0 Å². The average Bonchev–Trinajstić information content (AvgIpc) is 2.65. The van der Waals surface area contributed by atoms with Gasteiger partial charge in [0.15, 0.2) is 0 Å². The number of nitrogens with zero attached hydrogens (tertiary/aromatic N) is 1. The van der Waals surface area contributed by atoms with Crippen LogP contribution in [0.4, 0.5) is 0 Å². The van der Waals surface area contributed by atoms with E-state index in [2.05, 4.69) is 12.2 Å². The number of ether oxygens (including phenoxy) is 1. The summed E-state index contributed by atoms with van der Waals surface area (Å²) in [5.74, 6) is 0.413. The van der Waals surface area contributed by atoms with Crippen molar-refractivity contribution in [1.82, 2.24) is 10.2 Å². The van der Waals surface area contributed by atoms with Crippen LogP contribution in [0.1, 0.15) is 51.9 Å². The molecule has 1 atom stereocenters. The fraction of sp³-hybridized carbons (Fsp3) is 0.875. The van der Waals surface area contributed by atoms with Crippen LogP contribution in [0.5, 0.6) is 0 Å². The van der Waals surface area contributed by atoms with Crippen LogP contribution < -0.4 is 5.32 Å². The van der Waals surface area contributed by atoms with Gasteiger partial charge in [-0.1, -0.05) is 26.2 Å². The van der Waals surface area contributed by atoms with Gasteiger partial charge < -0.3 is 15.0 Å². The van der Waals surface area contributed by atoms with Crippen molar-refractivity contribution in [3.8, 4) is 0 Å². The number of amides is 2. The van der Waals surface area contributed by atoms with Crippen molar-refractivity contribution in [2.24, 2.45) is 5.92 Å². The zero-order valence-corrected chi connectivity index (χ0v) is 13.1. The molecule has 2 aliphatic rings. The number of carbonyl (C=O) groups is 2. The van der Waals surface area contributed by atoms with Gasteiger partial charge in [-0.2, -0.15) is 0 Å². The van der Waals surface area contributed by atoms with E-state index < -0.39 is 0 Å². The monoisotopic (exact) mass is 296 g/mol. The first-order chi connectivity index (χ1) is 10.2. The lowest BCUT2D eigenvalue weighted by Gasteiger charge is -2.31. The van der Waals surface area contributed by atoms with Gasteiger partial charge in [0.05, 0.1) is 6.61 Å². The molecule has 1 aliphatic carbocycles. The van der Waals surface area contributed by atoms with Gasteiger partial charge in [-0.25, -0.2) is 0 Å². The molecule has 0 spiro atoms. The maximum absolute atomic E-state index is 12.7. The SMILES string of the molecule is CCCOCCN1CCC(=O)NC(C2CCCCC2)C1=O. The average molecular weight is 296 g/mol. The smallest absolute Gasteiger partial charge is 0.245 e. The molecule has 120 valence electrons. The first kappa shape index (κ1) is 16.3. The van der Waals surface area contributed by atoms with Gasteiger partial charge in [-0.3, -0.25) is 9.59 Å². The minimum absolute atomic E-state index is 0.0101. The van der Waals surface area contributed by atoms with Gasteiger partial charge in [0.25, 0.3) is 0 Å². The number of hydrogen-bond acceptors (Lipinski definition) is 3. The van der Waals surface area contributed by atoms with Crippen molar-refractivity contribution in [3.05, 3.63) is 0 Å². The summed E-state index contributed by atoms with van der Waals surface area (Å²) in [7, 11) is 0. The molecule has 1 N–H and O–H groups in total. The topological polar surface area (TPSA) is 58.6 Å². The van der Waals surface area contributed by atoms with Crippen LogP contribution in [0.25, 0.3) is 0 Å².